The molecule has 7 heteroatoms. The minimum atomic E-state index is -0.474. The molecule has 1 fully saturated rings. The van der Waals surface area contributed by atoms with Gasteiger partial charge in [0.05, 0.1) is 17.7 Å². The number of esters is 1. The summed E-state index contributed by atoms with van der Waals surface area (Å²) in [6.07, 6.45) is 1.05. The van der Waals surface area contributed by atoms with Gasteiger partial charge in [-0.15, -0.1) is 11.3 Å². The van der Waals surface area contributed by atoms with Crippen LogP contribution in [0.3, 0.4) is 0 Å². The van der Waals surface area contributed by atoms with E-state index in [9.17, 15) is 9.59 Å². The smallest absolute Gasteiger partial charge is 0.343 e. The zero-order valence-electron chi connectivity index (χ0n) is 11.6. The third kappa shape index (κ3) is 2.93. The van der Waals surface area contributed by atoms with E-state index in [1.807, 2.05) is 11.8 Å². The van der Waals surface area contributed by atoms with Crippen LogP contribution in [0, 0.1) is 0 Å². The molecule has 0 saturated carbocycles. The Morgan fingerprint density at radius 3 is 2.70 bits per heavy atom. The number of ether oxygens (including phenoxy) is 1. The molecule has 1 saturated heterocycles. The number of thioether (sulfide) groups is 1. The molecule has 2 N–H and O–H groups in total. The molecular weight excluding hydrogens is 296 g/mol. The summed E-state index contributed by atoms with van der Waals surface area (Å²) in [5, 5.41) is 0.766. The van der Waals surface area contributed by atoms with E-state index in [1.54, 1.807) is 0 Å². The number of anilines is 2. The number of nitrogens with two attached hydrogens (primary N) is 1. The van der Waals surface area contributed by atoms with Gasteiger partial charge in [0.25, 0.3) is 0 Å². The maximum Gasteiger partial charge on any atom is 0.343 e. The first-order valence-electron chi connectivity index (χ1n) is 6.40. The molecule has 1 aromatic heterocycles. The molecule has 5 nitrogen and oxygen atoms in total. The fraction of sp³-hybridized carbons (Fsp3) is 0.538. The predicted octanol–water partition coefficient (Wildman–Crippen LogP) is 2.26. The zero-order valence-corrected chi connectivity index (χ0v) is 13.2. The van der Waals surface area contributed by atoms with E-state index in [-0.39, 0.29) is 11.5 Å². The average Bonchev–Trinajstić information content (AvgIpc) is 2.63. The molecule has 0 atom stereocenters. The average molecular weight is 314 g/mol. The Bertz CT molecular complexity index is 520. The van der Waals surface area contributed by atoms with Crippen molar-refractivity contribution in [2.75, 3.05) is 42.3 Å². The Hall–Kier alpha value is -1.21. The first-order valence-corrected chi connectivity index (χ1v) is 8.37. The predicted molar refractivity (Wildman–Crippen MR) is 84.2 cm³/mol. The van der Waals surface area contributed by atoms with Gasteiger partial charge < -0.3 is 15.4 Å². The molecule has 0 spiro atoms. The highest BCUT2D eigenvalue weighted by Gasteiger charge is 2.28. The third-order valence-corrected chi connectivity index (χ3v) is 5.56. The van der Waals surface area contributed by atoms with Crippen molar-refractivity contribution in [1.29, 1.82) is 0 Å². The van der Waals surface area contributed by atoms with Gasteiger partial charge in [0, 0.05) is 25.8 Å². The monoisotopic (exact) mass is 314 g/mol. The highest BCUT2D eigenvalue weighted by molar-refractivity contribution is 7.99. The molecule has 0 aliphatic carbocycles. The van der Waals surface area contributed by atoms with Crippen molar-refractivity contribution in [3.63, 3.8) is 0 Å². The molecule has 1 aromatic rings. The van der Waals surface area contributed by atoms with Crippen molar-refractivity contribution in [2.45, 2.75) is 13.3 Å². The van der Waals surface area contributed by atoms with Crippen LogP contribution in [0.15, 0.2) is 0 Å². The Morgan fingerprint density at radius 2 is 2.05 bits per heavy atom. The van der Waals surface area contributed by atoms with Gasteiger partial charge in [0.1, 0.15) is 10.6 Å². The summed E-state index contributed by atoms with van der Waals surface area (Å²) >= 11 is 3.20. The topological polar surface area (TPSA) is 72.6 Å². The number of nitrogens with zero attached hydrogens (tertiary/aromatic N) is 1. The molecule has 0 aromatic carbocycles. The summed E-state index contributed by atoms with van der Waals surface area (Å²) in [7, 11) is 1.33. The molecular formula is C13H18N2O3S2. The van der Waals surface area contributed by atoms with Crippen LogP contribution in [0.4, 0.5) is 10.7 Å². The molecule has 2 rings (SSSR count). The fourth-order valence-electron chi connectivity index (χ4n) is 2.16. The van der Waals surface area contributed by atoms with Gasteiger partial charge in [-0.1, -0.05) is 0 Å². The number of methoxy groups -OCH3 is 1. The number of thiophene rings is 1. The fourth-order valence-corrected chi connectivity index (χ4v) is 4.21. The lowest BCUT2D eigenvalue weighted by atomic mass is 10.2. The van der Waals surface area contributed by atoms with E-state index in [1.165, 1.54) is 25.4 Å². The van der Waals surface area contributed by atoms with Gasteiger partial charge in [-0.05, 0) is 12.2 Å². The van der Waals surface area contributed by atoms with Crippen LogP contribution in [0.2, 0.25) is 0 Å². The van der Waals surface area contributed by atoms with E-state index in [0.717, 1.165) is 36.0 Å². The lowest BCUT2D eigenvalue weighted by molar-refractivity contribution is 0.0603. The summed E-state index contributed by atoms with van der Waals surface area (Å²) in [6, 6.07) is 0. The Morgan fingerprint density at radius 1 is 1.30 bits per heavy atom. The van der Waals surface area contributed by atoms with Crippen molar-refractivity contribution in [3.05, 3.63) is 10.4 Å². The van der Waals surface area contributed by atoms with Crippen molar-refractivity contribution in [3.8, 4) is 0 Å². The van der Waals surface area contributed by atoms with Gasteiger partial charge in [-0.2, -0.15) is 11.8 Å². The van der Waals surface area contributed by atoms with Crippen LogP contribution in [-0.2, 0) is 4.74 Å². The highest BCUT2D eigenvalue weighted by atomic mass is 32.2. The van der Waals surface area contributed by atoms with Crippen molar-refractivity contribution in [2.24, 2.45) is 0 Å². The number of carbonyl (C=O) groups is 2. The summed E-state index contributed by atoms with van der Waals surface area (Å²) in [4.78, 5) is 26.2. The molecule has 20 heavy (non-hydrogen) atoms. The van der Waals surface area contributed by atoms with Gasteiger partial charge in [-0.25, -0.2) is 4.79 Å². The van der Waals surface area contributed by atoms with E-state index < -0.39 is 5.97 Å². The zero-order chi connectivity index (χ0) is 14.7. The standard InChI is InChI=1S/C13H18N2O3S2/c1-8(16)11-10(14)9(13(17)18-2)12(20-11)15-4-3-6-19-7-5-15/h3-7,14H2,1-2H3. The second kappa shape index (κ2) is 6.49. The molecule has 2 heterocycles. The Labute approximate surface area is 126 Å². The van der Waals surface area contributed by atoms with Crippen molar-refractivity contribution >= 4 is 45.5 Å². The third-order valence-electron chi connectivity index (χ3n) is 3.15. The van der Waals surface area contributed by atoms with Crippen molar-refractivity contribution < 1.29 is 14.3 Å². The summed E-state index contributed by atoms with van der Waals surface area (Å²) in [5.41, 5.74) is 6.58. The van der Waals surface area contributed by atoms with Crippen LogP contribution >= 0.6 is 23.1 Å². The molecule has 0 unspecified atom stereocenters. The molecule has 1 aliphatic heterocycles. The lowest BCUT2D eigenvalue weighted by Gasteiger charge is -2.21. The van der Waals surface area contributed by atoms with Crippen LogP contribution in [0.25, 0.3) is 0 Å². The van der Waals surface area contributed by atoms with E-state index >= 15 is 0 Å². The van der Waals surface area contributed by atoms with Gasteiger partial charge in [0.15, 0.2) is 5.78 Å². The van der Waals surface area contributed by atoms with Gasteiger partial charge in [-0.3, -0.25) is 4.79 Å². The maximum atomic E-state index is 12.0. The molecule has 0 bridgehead atoms. The molecule has 110 valence electrons. The first-order chi connectivity index (χ1) is 9.56. The molecule has 0 amide bonds. The van der Waals surface area contributed by atoms with E-state index in [2.05, 4.69) is 4.90 Å². The van der Waals surface area contributed by atoms with E-state index in [0.29, 0.717) is 10.4 Å². The number of nitrogen functional groups attached to an aromatic ring is 1. The molecule has 0 radical (unpaired) electrons. The SMILES string of the molecule is COC(=O)c1c(N2CCCSCC2)sc(C(C)=O)c1N. The highest BCUT2D eigenvalue weighted by Crippen LogP contribution is 2.39. The second-order valence-corrected chi connectivity index (χ2v) is 6.75. The molecule has 1 aliphatic rings. The normalized spacial score (nSPS) is 15.8. The van der Waals surface area contributed by atoms with Crippen LogP contribution in [0.1, 0.15) is 33.4 Å². The largest absolute Gasteiger partial charge is 0.465 e. The van der Waals surface area contributed by atoms with Crippen LogP contribution in [0.5, 0.6) is 0 Å². The van der Waals surface area contributed by atoms with Gasteiger partial charge in [0.2, 0.25) is 0 Å². The maximum absolute atomic E-state index is 12.0. The summed E-state index contributed by atoms with van der Waals surface area (Å²) in [6.45, 7) is 3.19. The number of hydrogen-bond acceptors (Lipinski definition) is 7. The Balaban J connectivity index is 2.46. The van der Waals surface area contributed by atoms with Gasteiger partial charge >= 0.3 is 5.97 Å². The number of hydrogen-bond donors (Lipinski definition) is 1. The number of carbonyl (C=O) groups excluding carboxylic acids is 2. The Kier molecular flexibility index (Phi) is 4.93. The van der Waals surface area contributed by atoms with Crippen molar-refractivity contribution in [1.82, 2.24) is 0 Å². The minimum Gasteiger partial charge on any atom is -0.465 e. The summed E-state index contributed by atoms with van der Waals surface area (Å²) < 4.78 is 4.82. The number of Topliss-reactive ketones (excluding diaryl/α,β-unsaturated/α-hetero) is 1. The van der Waals surface area contributed by atoms with Crippen LogP contribution < -0.4 is 10.6 Å². The number of rotatable bonds is 3. The first kappa shape index (κ1) is 15.2. The van der Waals surface area contributed by atoms with E-state index in [4.69, 9.17) is 10.5 Å². The van der Waals surface area contributed by atoms with Crippen LogP contribution in [-0.4, -0.2) is 43.5 Å². The number of ketones is 1. The second-order valence-electron chi connectivity index (χ2n) is 4.53. The quantitative estimate of drug-likeness (QED) is 0.681. The summed E-state index contributed by atoms with van der Waals surface area (Å²) in [5.74, 6) is 1.53. The minimum absolute atomic E-state index is 0.117. The lowest BCUT2D eigenvalue weighted by Crippen LogP contribution is -2.26.